The number of nitrogens with one attached hydrogen (secondary N) is 1. The molecule has 106 valence electrons. The van der Waals surface area contributed by atoms with Crippen LogP contribution in [-0.4, -0.2) is 29.1 Å². The highest BCUT2D eigenvalue weighted by Gasteiger charge is 2.21. The van der Waals surface area contributed by atoms with Crippen LogP contribution in [0.25, 0.3) is 0 Å². The lowest BCUT2D eigenvalue weighted by molar-refractivity contribution is 0.552. The van der Waals surface area contributed by atoms with Gasteiger partial charge >= 0.3 is 0 Å². The molecule has 4 nitrogen and oxygen atoms in total. The quantitative estimate of drug-likeness (QED) is 0.903. The first-order valence-corrected chi connectivity index (χ1v) is 7.60. The van der Waals surface area contributed by atoms with Gasteiger partial charge in [-0.2, -0.15) is 4.98 Å². The molecular weight excluding hydrogens is 236 g/mol. The van der Waals surface area contributed by atoms with E-state index < -0.39 is 0 Å². The van der Waals surface area contributed by atoms with E-state index >= 15 is 0 Å². The molecule has 1 saturated heterocycles. The van der Waals surface area contributed by atoms with Gasteiger partial charge in [0.05, 0.1) is 0 Å². The van der Waals surface area contributed by atoms with Crippen molar-refractivity contribution in [2.45, 2.75) is 58.9 Å². The topological polar surface area (TPSA) is 41.1 Å². The minimum atomic E-state index is 0.631. The molecule has 0 spiro atoms. The van der Waals surface area contributed by atoms with Crippen molar-refractivity contribution in [3.63, 3.8) is 0 Å². The Morgan fingerprint density at radius 1 is 1.26 bits per heavy atom. The summed E-state index contributed by atoms with van der Waals surface area (Å²) in [6.45, 7) is 8.39. The summed E-state index contributed by atoms with van der Waals surface area (Å²) >= 11 is 0. The van der Waals surface area contributed by atoms with Crippen LogP contribution in [0.1, 0.15) is 51.6 Å². The van der Waals surface area contributed by atoms with Gasteiger partial charge in [0, 0.05) is 30.9 Å². The Hall–Kier alpha value is -1.32. The summed E-state index contributed by atoms with van der Waals surface area (Å²) in [7, 11) is 0. The van der Waals surface area contributed by atoms with E-state index in [1.165, 1.54) is 32.1 Å². The highest BCUT2D eigenvalue weighted by atomic mass is 15.2. The number of aryl methyl sites for hydroxylation is 1. The zero-order valence-corrected chi connectivity index (χ0v) is 12.4. The molecule has 19 heavy (non-hydrogen) atoms. The molecule has 1 fully saturated rings. The normalized spacial score (nSPS) is 20.2. The summed E-state index contributed by atoms with van der Waals surface area (Å²) in [6, 6.07) is 2.75. The van der Waals surface area contributed by atoms with Crippen molar-refractivity contribution in [2.24, 2.45) is 0 Å². The Morgan fingerprint density at radius 3 is 2.84 bits per heavy atom. The zero-order chi connectivity index (χ0) is 13.7. The van der Waals surface area contributed by atoms with Crippen molar-refractivity contribution in [3.8, 4) is 0 Å². The molecule has 1 aliphatic rings. The van der Waals surface area contributed by atoms with Crippen LogP contribution in [0.2, 0.25) is 0 Å². The second-order valence-electron chi connectivity index (χ2n) is 5.33. The number of rotatable bonds is 4. The monoisotopic (exact) mass is 262 g/mol. The average Bonchev–Trinajstić information content (AvgIpc) is 2.63. The molecule has 0 amide bonds. The predicted octanol–water partition coefficient (Wildman–Crippen LogP) is 3.38. The Labute approximate surface area is 116 Å². The zero-order valence-electron chi connectivity index (χ0n) is 12.4. The molecule has 0 aliphatic carbocycles. The number of aromatic nitrogens is 2. The smallest absolute Gasteiger partial charge is 0.224 e. The van der Waals surface area contributed by atoms with Gasteiger partial charge in [-0.05, 0) is 33.1 Å². The number of nitrogens with zero attached hydrogens (tertiary/aromatic N) is 3. The summed E-state index contributed by atoms with van der Waals surface area (Å²) in [4.78, 5) is 11.6. The maximum atomic E-state index is 4.69. The predicted molar refractivity (Wildman–Crippen MR) is 80.8 cm³/mol. The highest BCUT2D eigenvalue weighted by Crippen LogP contribution is 2.25. The minimum absolute atomic E-state index is 0.631. The van der Waals surface area contributed by atoms with Gasteiger partial charge in [0.15, 0.2) is 0 Å². The molecule has 1 aliphatic heterocycles. The van der Waals surface area contributed by atoms with Crippen LogP contribution in [0.5, 0.6) is 0 Å². The van der Waals surface area contributed by atoms with Crippen LogP contribution in [0.4, 0.5) is 11.8 Å². The van der Waals surface area contributed by atoms with Gasteiger partial charge in [-0.25, -0.2) is 4.98 Å². The lowest BCUT2D eigenvalue weighted by atomic mass is 10.1. The molecule has 1 N–H and O–H groups in total. The Kier molecular flexibility index (Phi) is 5.00. The van der Waals surface area contributed by atoms with Crippen molar-refractivity contribution in [1.29, 1.82) is 0 Å². The first-order valence-electron chi connectivity index (χ1n) is 7.60. The van der Waals surface area contributed by atoms with Gasteiger partial charge in [-0.3, -0.25) is 0 Å². The molecule has 1 atom stereocenters. The number of hydrogen-bond donors (Lipinski definition) is 1. The molecule has 1 unspecified atom stereocenters. The minimum Gasteiger partial charge on any atom is -0.354 e. The van der Waals surface area contributed by atoms with Crippen LogP contribution in [-0.2, 0) is 0 Å². The second-order valence-corrected chi connectivity index (χ2v) is 5.33. The summed E-state index contributed by atoms with van der Waals surface area (Å²) in [5.74, 6) is 1.86. The maximum absolute atomic E-state index is 4.69. The van der Waals surface area contributed by atoms with Crippen LogP contribution < -0.4 is 10.2 Å². The molecule has 0 bridgehead atoms. The Morgan fingerprint density at radius 2 is 2.11 bits per heavy atom. The van der Waals surface area contributed by atoms with Crippen LogP contribution in [0.3, 0.4) is 0 Å². The SMILES string of the molecule is CCNc1nc(C)cc(N2CCCCCC2CC)n1. The van der Waals surface area contributed by atoms with Gasteiger partial charge in [-0.15, -0.1) is 0 Å². The van der Waals surface area contributed by atoms with Gasteiger partial charge in [0.1, 0.15) is 5.82 Å². The average molecular weight is 262 g/mol. The van der Waals surface area contributed by atoms with E-state index in [4.69, 9.17) is 4.98 Å². The van der Waals surface area contributed by atoms with Crippen molar-refractivity contribution in [3.05, 3.63) is 11.8 Å². The van der Waals surface area contributed by atoms with E-state index in [1.54, 1.807) is 0 Å². The van der Waals surface area contributed by atoms with Gasteiger partial charge in [0.25, 0.3) is 0 Å². The maximum Gasteiger partial charge on any atom is 0.224 e. The lowest BCUT2D eigenvalue weighted by Gasteiger charge is -2.30. The molecule has 1 aromatic heterocycles. The highest BCUT2D eigenvalue weighted by molar-refractivity contribution is 5.45. The molecule has 4 heteroatoms. The summed E-state index contributed by atoms with van der Waals surface area (Å²) in [6.07, 6.45) is 6.45. The van der Waals surface area contributed by atoms with Crippen LogP contribution in [0, 0.1) is 6.92 Å². The van der Waals surface area contributed by atoms with Crippen molar-refractivity contribution in [2.75, 3.05) is 23.3 Å². The van der Waals surface area contributed by atoms with Gasteiger partial charge < -0.3 is 10.2 Å². The van der Waals surface area contributed by atoms with Crippen molar-refractivity contribution < 1.29 is 0 Å². The third kappa shape index (κ3) is 3.58. The third-order valence-corrected chi connectivity index (χ3v) is 3.82. The second kappa shape index (κ2) is 6.73. The fourth-order valence-corrected chi connectivity index (χ4v) is 2.84. The molecule has 2 rings (SSSR count). The molecular formula is C15H26N4. The van der Waals surface area contributed by atoms with E-state index in [-0.39, 0.29) is 0 Å². The molecule has 0 aromatic carbocycles. The molecule has 1 aromatic rings. The van der Waals surface area contributed by atoms with Crippen LogP contribution >= 0.6 is 0 Å². The van der Waals surface area contributed by atoms with E-state index in [1.807, 2.05) is 6.92 Å². The van der Waals surface area contributed by atoms with E-state index in [2.05, 4.69) is 35.1 Å². The van der Waals surface area contributed by atoms with E-state index in [0.717, 1.165) is 30.5 Å². The number of anilines is 2. The fraction of sp³-hybridized carbons (Fsp3) is 0.733. The summed E-state index contributed by atoms with van der Waals surface area (Å²) in [5.41, 5.74) is 1.04. The molecule has 2 heterocycles. The molecule has 0 saturated carbocycles. The summed E-state index contributed by atoms with van der Waals surface area (Å²) < 4.78 is 0. The standard InChI is InChI=1S/C15H26N4/c1-4-13-9-7-6-8-10-19(13)14-11-12(3)17-15(18-14)16-5-2/h11,13H,4-10H2,1-3H3,(H,16,17,18). The first kappa shape index (κ1) is 14.1. The third-order valence-electron chi connectivity index (χ3n) is 3.82. The number of hydrogen-bond acceptors (Lipinski definition) is 4. The van der Waals surface area contributed by atoms with Gasteiger partial charge in [0.2, 0.25) is 5.95 Å². The van der Waals surface area contributed by atoms with E-state index in [0.29, 0.717) is 6.04 Å². The Balaban J connectivity index is 2.26. The largest absolute Gasteiger partial charge is 0.354 e. The van der Waals surface area contributed by atoms with Crippen molar-refractivity contribution in [1.82, 2.24) is 9.97 Å². The lowest BCUT2D eigenvalue weighted by Crippen LogP contribution is -2.35. The van der Waals surface area contributed by atoms with E-state index in [9.17, 15) is 0 Å². The first-order chi connectivity index (χ1) is 9.24. The molecule has 0 radical (unpaired) electrons. The fourth-order valence-electron chi connectivity index (χ4n) is 2.84. The van der Waals surface area contributed by atoms with Gasteiger partial charge in [-0.1, -0.05) is 19.8 Å². The van der Waals surface area contributed by atoms with Crippen LogP contribution in [0.15, 0.2) is 6.07 Å². The van der Waals surface area contributed by atoms with Crippen molar-refractivity contribution >= 4 is 11.8 Å². The Bertz CT molecular complexity index is 405. The summed E-state index contributed by atoms with van der Waals surface area (Å²) in [5, 5.41) is 3.23.